The van der Waals surface area contributed by atoms with Crippen LogP contribution in [0.15, 0.2) is 28.8 Å². The quantitative estimate of drug-likeness (QED) is 0.833. The largest absolute Gasteiger partial charge is 0.381 e. The molecule has 0 amide bonds. The van der Waals surface area contributed by atoms with E-state index in [1.165, 1.54) is 5.56 Å². The number of rotatable bonds is 3. The summed E-state index contributed by atoms with van der Waals surface area (Å²) in [6.07, 6.45) is 2.02. The predicted octanol–water partition coefficient (Wildman–Crippen LogP) is 2.80. The highest BCUT2D eigenvalue weighted by atomic mass is 16.5. The third-order valence-corrected chi connectivity index (χ3v) is 3.35. The van der Waals surface area contributed by atoms with Gasteiger partial charge in [0.25, 0.3) is 5.89 Å². The van der Waals surface area contributed by atoms with Crippen LogP contribution in [-0.4, -0.2) is 23.4 Å². The van der Waals surface area contributed by atoms with Gasteiger partial charge in [0, 0.05) is 18.1 Å². The number of hydrogen-bond donors (Lipinski definition) is 0. The molecule has 1 aliphatic rings. The Balaban J connectivity index is 1.82. The van der Waals surface area contributed by atoms with Crippen molar-refractivity contribution in [1.82, 2.24) is 10.1 Å². The molecule has 1 aliphatic heterocycles. The fourth-order valence-corrected chi connectivity index (χ4v) is 2.14. The van der Waals surface area contributed by atoms with E-state index in [0.717, 1.165) is 30.8 Å². The van der Waals surface area contributed by atoms with Gasteiger partial charge in [-0.15, -0.1) is 0 Å². The average Bonchev–Trinajstić information content (AvgIpc) is 3.09. The molecule has 94 valence electrons. The summed E-state index contributed by atoms with van der Waals surface area (Å²) in [5.41, 5.74) is 2.28. The lowest BCUT2D eigenvalue weighted by molar-refractivity contribution is 0.192. The fourth-order valence-electron chi connectivity index (χ4n) is 2.14. The number of aromatic nitrogens is 2. The van der Waals surface area contributed by atoms with Crippen molar-refractivity contribution in [2.75, 3.05) is 13.2 Å². The summed E-state index contributed by atoms with van der Waals surface area (Å²) in [6.45, 7) is 3.63. The lowest BCUT2D eigenvalue weighted by Gasteiger charge is -1.98. The van der Waals surface area contributed by atoms with Gasteiger partial charge in [-0.3, -0.25) is 0 Å². The monoisotopic (exact) mass is 244 g/mol. The van der Waals surface area contributed by atoms with E-state index in [0.29, 0.717) is 12.5 Å². The van der Waals surface area contributed by atoms with Gasteiger partial charge in [-0.25, -0.2) is 0 Å². The molecule has 1 fully saturated rings. The molecule has 4 heteroatoms. The summed E-state index contributed by atoms with van der Waals surface area (Å²) in [5, 5.41) is 4.05. The van der Waals surface area contributed by atoms with E-state index in [1.54, 1.807) is 0 Å². The molecule has 1 atom stereocenters. The minimum Gasteiger partial charge on any atom is -0.381 e. The Bertz CT molecular complexity index is 513. The molecule has 0 radical (unpaired) electrons. The first-order valence-corrected chi connectivity index (χ1v) is 6.37. The average molecular weight is 244 g/mol. The summed E-state index contributed by atoms with van der Waals surface area (Å²) in [4.78, 5) is 4.46. The molecule has 1 aromatic carbocycles. The van der Waals surface area contributed by atoms with Gasteiger partial charge in [0.15, 0.2) is 5.82 Å². The summed E-state index contributed by atoms with van der Waals surface area (Å²) in [6, 6.07) is 8.25. The maximum atomic E-state index is 5.34. The number of ether oxygens (including phenoxy) is 1. The van der Waals surface area contributed by atoms with Crippen LogP contribution in [0.25, 0.3) is 11.5 Å². The molecular formula is C14H16N2O2. The Morgan fingerprint density at radius 3 is 2.78 bits per heavy atom. The van der Waals surface area contributed by atoms with Crippen LogP contribution in [0.2, 0.25) is 0 Å². The van der Waals surface area contributed by atoms with Crippen LogP contribution in [0, 0.1) is 0 Å². The van der Waals surface area contributed by atoms with E-state index in [2.05, 4.69) is 29.2 Å². The Hall–Kier alpha value is -1.68. The maximum Gasteiger partial charge on any atom is 0.257 e. The van der Waals surface area contributed by atoms with Crippen molar-refractivity contribution < 1.29 is 9.26 Å². The van der Waals surface area contributed by atoms with Crippen molar-refractivity contribution in [2.24, 2.45) is 0 Å². The second-order valence-electron chi connectivity index (χ2n) is 4.57. The summed E-state index contributed by atoms with van der Waals surface area (Å²) < 4.78 is 10.7. The van der Waals surface area contributed by atoms with Gasteiger partial charge in [-0.05, 0) is 30.5 Å². The van der Waals surface area contributed by atoms with Crippen LogP contribution in [0.4, 0.5) is 0 Å². The topological polar surface area (TPSA) is 48.2 Å². The Labute approximate surface area is 106 Å². The van der Waals surface area contributed by atoms with Gasteiger partial charge in [0.2, 0.25) is 0 Å². The standard InChI is InChI=1S/C14H16N2O2/c1-2-10-3-5-11(6-4-10)14-15-13(16-18-14)12-7-8-17-9-12/h3-6,12H,2,7-9H2,1H3. The summed E-state index contributed by atoms with van der Waals surface area (Å²) in [5.74, 6) is 1.65. The number of aryl methyl sites for hydroxylation is 1. The van der Waals surface area contributed by atoms with Crippen molar-refractivity contribution in [3.05, 3.63) is 35.7 Å². The third kappa shape index (κ3) is 2.16. The van der Waals surface area contributed by atoms with Gasteiger partial charge in [-0.2, -0.15) is 4.98 Å². The second kappa shape index (κ2) is 4.90. The molecule has 3 rings (SSSR count). The van der Waals surface area contributed by atoms with Crippen molar-refractivity contribution >= 4 is 0 Å². The summed E-state index contributed by atoms with van der Waals surface area (Å²) in [7, 11) is 0. The highest BCUT2D eigenvalue weighted by Gasteiger charge is 2.23. The van der Waals surface area contributed by atoms with Gasteiger partial charge in [-0.1, -0.05) is 24.2 Å². The van der Waals surface area contributed by atoms with Gasteiger partial charge in [0.1, 0.15) is 0 Å². The molecule has 0 aliphatic carbocycles. The Kier molecular flexibility index (Phi) is 3.11. The van der Waals surface area contributed by atoms with Crippen molar-refractivity contribution in [3.63, 3.8) is 0 Å². The Morgan fingerprint density at radius 1 is 1.28 bits per heavy atom. The predicted molar refractivity (Wildman–Crippen MR) is 67.3 cm³/mol. The smallest absolute Gasteiger partial charge is 0.257 e. The molecule has 0 bridgehead atoms. The van der Waals surface area contributed by atoms with Crippen molar-refractivity contribution in [2.45, 2.75) is 25.7 Å². The van der Waals surface area contributed by atoms with Crippen LogP contribution >= 0.6 is 0 Å². The van der Waals surface area contributed by atoms with E-state index in [4.69, 9.17) is 9.26 Å². The molecule has 2 aromatic rings. The minimum absolute atomic E-state index is 0.289. The molecule has 1 aromatic heterocycles. The lowest BCUT2D eigenvalue weighted by Crippen LogP contribution is -1.99. The minimum atomic E-state index is 0.289. The molecule has 2 heterocycles. The first-order valence-electron chi connectivity index (χ1n) is 6.37. The van der Waals surface area contributed by atoms with Crippen LogP contribution < -0.4 is 0 Å². The molecule has 4 nitrogen and oxygen atoms in total. The van der Waals surface area contributed by atoms with Gasteiger partial charge >= 0.3 is 0 Å². The second-order valence-corrected chi connectivity index (χ2v) is 4.57. The molecule has 0 saturated carbocycles. The molecular weight excluding hydrogens is 228 g/mol. The molecule has 0 spiro atoms. The maximum absolute atomic E-state index is 5.34. The van der Waals surface area contributed by atoms with Crippen molar-refractivity contribution in [1.29, 1.82) is 0 Å². The van der Waals surface area contributed by atoms with Gasteiger partial charge in [0.05, 0.1) is 6.61 Å². The lowest BCUT2D eigenvalue weighted by atomic mass is 10.1. The molecule has 0 N–H and O–H groups in total. The molecule has 18 heavy (non-hydrogen) atoms. The highest BCUT2D eigenvalue weighted by Crippen LogP contribution is 2.25. The zero-order valence-corrected chi connectivity index (χ0v) is 10.4. The number of benzene rings is 1. The van der Waals surface area contributed by atoms with E-state index >= 15 is 0 Å². The molecule has 1 unspecified atom stereocenters. The Morgan fingerprint density at radius 2 is 2.11 bits per heavy atom. The van der Waals surface area contributed by atoms with E-state index < -0.39 is 0 Å². The van der Waals surface area contributed by atoms with Crippen LogP contribution in [0.5, 0.6) is 0 Å². The first-order chi connectivity index (χ1) is 8.86. The SMILES string of the molecule is CCc1ccc(-c2nc(C3CCOC3)no2)cc1. The van der Waals surface area contributed by atoms with Crippen molar-refractivity contribution in [3.8, 4) is 11.5 Å². The summed E-state index contributed by atoms with van der Waals surface area (Å²) >= 11 is 0. The highest BCUT2D eigenvalue weighted by molar-refractivity contribution is 5.53. The van der Waals surface area contributed by atoms with Crippen LogP contribution in [0.3, 0.4) is 0 Å². The molecule has 1 saturated heterocycles. The zero-order chi connectivity index (χ0) is 12.4. The van der Waals surface area contributed by atoms with Crippen LogP contribution in [-0.2, 0) is 11.2 Å². The van der Waals surface area contributed by atoms with Gasteiger partial charge < -0.3 is 9.26 Å². The number of hydrogen-bond acceptors (Lipinski definition) is 4. The first kappa shape index (κ1) is 11.4. The number of nitrogens with zero attached hydrogens (tertiary/aromatic N) is 2. The normalized spacial score (nSPS) is 19.3. The third-order valence-electron chi connectivity index (χ3n) is 3.35. The van der Waals surface area contributed by atoms with E-state index in [1.807, 2.05) is 12.1 Å². The van der Waals surface area contributed by atoms with E-state index in [-0.39, 0.29) is 5.92 Å². The zero-order valence-electron chi connectivity index (χ0n) is 10.4. The van der Waals surface area contributed by atoms with Crippen LogP contribution in [0.1, 0.15) is 30.7 Å². The fraction of sp³-hybridized carbons (Fsp3) is 0.429. The van der Waals surface area contributed by atoms with E-state index in [9.17, 15) is 0 Å².